The Morgan fingerprint density at radius 2 is 1.86 bits per heavy atom. The number of amides is 1. The molecule has 1 aliphatic rings. The highest BCUT2D eigenvalue weighted by Gasteiger charge is 2.28. The van der Waals surface area contributed by atoms with Gasteiger partial charge in [-0.1, -0.05) is 42.5 Å². The Morgan fingerprint density at radius 1 is 1.14 bits per heavy atom. The Bertz CT molecular complexity index is 624. The fourth-order valence-corrected chi connectivity index (χ4v) is 2.70. The van der Waals surface area contributed by atoms with Gasteiger partial charge in [0.25, 0.3) is 0 Å². The van der Waals surface area contributed by atoms with Crippen LogP contribution in [-0.4, -0.2) is 18.6 Å². The van der Waals surface area contributed by atoms with E-state index in [1.807, 2.05) is 54.3 Å². The van der Waals surface area contributed by atoms with Crippen molar-refractivity contribution < 1.29 is 9.53 Å². The number of fused-ring (bicyclic) bond motifs is 1. The van der Waals surface area contributed by atoms with Crippen LogP contribution in [0.4, 0.5) is 5.69 Å². The van der Waals surface area contributed by atoms with Crippen LogP contribution in [0.15, 0.2) is 54.6 Å². The van der Waals surface area contributed by atoms with Crippen molar-refractivity contribution in [2.24, 2.45) is 0 Å². The molecule has 0 fully saturated rings. The lowest BCUT2D eigenvalue weighted by molar-refractivity contribution is -0.119. The van der Waals surface area contributed by atoms with E-state index in [1.165, 1.54) is 5.56 Å². The summed E-state index contributed by atoms with van der Waals surface area (Å²) < 4.78 is 5.69. The number of carbonyl (C=O) groups is 1. The van der Waals surface area contributed by atoms with Crippen molar-refractivity contribution in [3.8, 4) is 5.75 Å². The fraction of sp³-hybridized carbons (Fsp3) is 0.278. The van der Waals surface area contributed by atoms with Crippen LogP contribution >= 0.6 is 0 Å². The molecule has 3 rings (SSSR count). The maximum atomic E-state index is 12.6. The lowest BCUT2D eigenvalue weighted by Crippen LogP contribution is -2.45. The zero-order valence-corrected chi connectivity index (χ0v) is 12.2. The van der Waals surface area contributed by atoms with Crippen LogP contribution in [0.3, 0.4) is 0 Å². The molecule has 108 valence electrons. The SMILES string of the molecule is CC1COc2ccccc2N1C(=O)CCc1ccccc1. The molecule has 0 aromatic heterocycles. The van der Waals surface area contributed by atoms with E-state index in [0.717, 1.165) is 17.9 Å². The Hall–Kier alpha value is -2.29. The van der Waals surface area contributed by atoms with Gasteiger partial charge in [0.15, 0.2) is 0 Å². The zero-order chi connectivity index (χ0) is 14.7. The molecule has 1 aliphatic heterocycles. The molecule has 1 atom stereocenters. The summed E-state index contributed by atoms with van der Waals surface area (Å²) in [5, 5.41) is 0. The third-order valence-corrected chi connectivity index (χ3v) is 3.78. The molecule has 0 aliphatic carbocycles. The van der Waals surface area contributed by atoms with E-state index in [4.69, 9.17) is 4.74 Å². The molecule has 1 amide bonds. The van der Waals surface area contributed by atoms with E-state index in [-0.39, 0.29) is 11.9 Å². The second-order valence-corrected chi connectivity index (χ2v) is 5.38. The molecule has 2 aromatic rings. The third-order valence-electron chi connectivity index (χ3n) is 3.78. The first kappa shape index (κ1) is 13.7. The predicted octanol–water partition coefficient (Wildman–Crippen LogP) is 3.43. The summed E-state index contributed by atoms with van der Waals surface area (Å²) in [4.78, 5) is 14.5. The van der Waals surface area contributed by atoms with Crippen molar-refractivity contribution in [1.29, 1.82) is 0 Å². The second kappa shape index (κ2) is 6.00. The summed E-state index contributed by atoms with van der Waals surface area (Å²) >= 11 is 0. The van der Waals surface area contributed by atoms with Crippen LogP contribution in [0.2, 0.25) is 0 Å². The zero-order valence-electron chi connectivity index (χ0n) is 12.2. The van der Waals surface area contributed by atoms with E-state index in [1.54, 1.807) is 0 Å². The predicted molar refractivity (Wildman–Crippen MR) is 83.6 cm³/mol. The number of rotatable bonds is 3. The number of hydrogen-bond donors (Lipinski definition) is 0. The number of aryl methyl sites for hydroxylation is 1. The minimum absolute atomic E-state index is 0.0724. The van der Waals surface area contributed by atoms with Gasteiger partial charge in [0.05, 0.1) is 11.7 Å². The quantitative estimate of drug-likeness (QED) is 0.862. The highest BCUT2D eigenvalue weighted by atomic mass is 16.5. The van der Waals surface area contributed by atoms with Gasteiger partial charge in [-0.05, 0) is 31.0 Å². The summed E-state index contributed by atoms with van der Waals surface area (Å²) in [5.41, 5.74) is 2.08. The number of ether oxygens (including phenoxy) is 1. The first-order valence-corrected chi connectivity index (χ1v) is 7.33. The van der Waals surface area contributed by atoms with Crippen molar-refractivity contribution in [1.82, 2.24) is 0 Å². The van der Waals surface area contributed by atoms with Crippen LogP contribution in [0, 0.1) is 0 Å². The van der Waals surface area contributed by atoms with Gasteiger partial charge in [0, 0.05) is 6.42 Å². The number of nitrogens with zero attached hydrogens (tertiary/aromatic N) is 1. The highest BCUT2D eigenvalue weighted by Crippen LogP contribution is 2.33. The van der Waals surface area contributed by atoms with E-state index >= 15 is 0 Å². The molecule has 21 heavy (non-hydrogen) atoms. The van der Waals surface area contributed by atoms with Gasteiger partial charge in [-0.2, -0.15) is 0 Å². The second-order valence-electron chi connectivity index (χ2n) is 5.38. The number of hydrogen-bond acceptors (Lipinski definition) is 2. The summed E-state index contributed by atoms with van der Waals surface area (Å²) in [6.45, 7) is 2.57. The van der Waals surface area contributed by atoms with Crippen molar-refractivity contribution in [2.45, 2.75) is 25.8 Å². The first-order valence-electron chi connectivity index (χ1n) is 7.33. The normalized spacial score (nSPS) is 17.0. The minimum Gasteiger partial charge on any atom is -0.489 e. The topological polar surface area (TPSA) is 29.5 Å². The van der Waals surface area contributed by atoms with Crippen LogP contribution in [0.5, 0.6) is 5.75 Å². The van der Waals surface area contributed by atoms with Gasteiger partial charge in [-0.15, -0.1) is 0 Å². The molecule has 3 nitrogen and oxygen atoms in total. The van der Waals surface area contributed by atoms with E-state index in [2.05, 4.69) is 12.1 Å². The van der Waals surface area contributed by atoms with Gasteiger partial charge in [0.2, 0.25) is 5.91 Å². The standard InChI is InChI=1S/C18H19NO2/c1-14-13-21-17-10-6-5-9-16(17)19(14)18(20)12-11-15-7-3-2-4-8-15/h2-10,14H,11-13H2,1H3. The van der Waals surface area contributed by atoms with Crippen molar-refractivity contribution >= 4 is 11.6 Å². The Kier molecular flexibility index (Phi) is 3.91. The van der Waals surface area contributed by atoms with E-state index in [9.17, 15) is 4.79 Å². The van der Waals surface area contributed by atoms with Crippen LogP contribution in [0.25, 0.3) is 0 Å². The van der Waals surface area contributed by atoms with E-state index < -0.39 is 0 Å². The average Bonchev–Trinajstić information content (AvgIpc) is 2.53. The molecule has 2 aromatic carbocycles. The summed E-state index contributed by atoms with van der Waals surface area (Å²) in [6.07, 6.45) is 1.29. The maximum absolute atomic E-state index is 12.6. The van der Waals surface area contributed by atoms with Crippen LogP contribution < -0.4 is 9.64 Å². The average molecular weight is 281 g/mol. The molecule has 0 radical (unpaired) electrons. The molecule has 1 heterocycles. The van der Waals surface area contributed by atoms with Gasteiger partial charge >= 0.3 is 0 Å². The van der Waals surface area contributed by atoms with Crippen LogP contribution in [0.1, 0.15) is 18.9 Å². The van der Waals surface area contributed by atoms with Crippen molar-refractivity contribution in [3.05, 3.63) is 60.2 Å². The molecular weight excluding hydrogens is 262 g/mol. The molecule has 0 spiro atoms. The monoisotopic (exact) mass is 281 g/mol. The number of benzene rings is 2. The molecule has 0 saturated carbocycles. The summed E-state index contributed by atoms with van der Waals surface area (Å²) in [7, 11) is 0. The van der Waals surface area contributed by atoms with Gasteiger partial charge < -0.3 is 9.64 Å². The largest absolute Gasteiger partial charge is 0.489 e. The molecule has 0 N–H and O–H groups in total. The number of para-hydroxylation sites is 2. The molecular formula is C18H19NO2. The minimum atomic E-state index is 0.0724. The summed E-state index contributed by atoms with van der Waals surface area (Å²) in [5.74, 6) is 0.950. The maximum Gasteiger partial charge on any atom is 0.227 e. The Morgan fingerprint density at radius 3 is 2.67 bits per heavy atom. The molecule has 3 heteroatoms. The van der Waals surface area contributed by atoms with Crippen molar-refractivity contribution in [3.63, 3.8) is 0 Å². The smallest absolute Gasteiger partial charge is 0.227 e. The lowest BCUT2D eigenvalue weighted by atomic mass is 10.1. The molecule has 0 saturated heterocycles. The Labute approximate surface area is 125 Å². The van der Waals surface area contributed by atoms with E-state index in [0.29, 0.717) is 13.0 Å². The van der Waals surface area contributed by atoms with Crippen molar-refractivity contribution in [2.75, 3.05) is 11.5 Å². The van der Waals surface area contributed by atoms with Gasteiger partial charge in [-0.25, -0.2) is 0 Å². The van der Waals surface area contributed by atoms with Gasteiger partial charge in [-0.3, -0.25) is 4.79 Å². The Balaban J connectivity index is 1.75. The third kappa shape index (κ3) is 2.92. The highest BCUT2D eigenvalue weighted by molar-refractivity contribution is 5.96. The van der Waals surface area contributed by atoms with Gasteiger partial charge in [0.1, 0.15) is 12.4 Å². The number of anilines is 1. The van der Waals surface area contributed by atoms with Crippen LogP contribution in [-0.2, 0) is 11.2 Å². The molecule has 0 bridgehead atoms. The lowest BCUT2D eigenvalue weighted by Gasteiger charge is -2.35. The number of carbonyl (C=O) groups excluding carboxylic acids is 1. The fourth-order valence-electron chi connectivity index (χ4n) is 2.70. The first-order chi connectivity index (χ1) is 10.3. The summed E-state index contributed by atoms with van der Waals surface area (Å²) in [6, 6.07) is 17.9. The molecule has 1 unspecified atom stereocenters.